The highest BCUT2D eigenvalue weighted by Gasteiger charge is 2.15. The van der Waals surface area contributed by atoms with Gasteiger partial charge in [0.05, 0.1) is 11.8 Å². The quantitative estimate of drug-likeness (QED) is 0.744. The van der Waals surface area contributed by atoms with Crippen LogP contribution in [-0.4, -0.2) is 22.1 Å². The molecule has 20 heavy (non-hydrogen) atoms. The van der Waals surface area contributed by atoms with Gasteiger partial charge in [-0.2, -0.15) is 0 Å². The number of carboxylic acid groups (broad SMARTS) is 1. The number of hydrogen-bond acceptors (Lipinski definition) is 4. The van der Waals surface area contributed by atoms with Crippen LogP contribution in [-0.2, 0) is 6.42 Å². The molecule has 0 saturated carbocycles. The van der Waals surface area contributed by atoms with E-state index in [0.717, 1.165) is 0 Å². The van der Waals surface area contributed by atoms with Crippen LogP contribution in [0.3, 0.4) is 0 Å². The van der Waals surface area contributed by atoms with Gasteiger partial charge in [-0.1, -0.05) is 6.92 Å². The fraction of sp³-hybridized carbons (Fsp3) is 0.143. The molecule has 0 radical (unpaired) electrons. The summed E-state index contributed by atoms with van der Waals surface area (Å²) >= 11 is 0. The van der Waals surface area contributed by atoms with Crippen molar-refractivity contribution in [3.8, 4) is 5.75 Å². The topological polar surface area (TPSA) is 99.8 Å². The SMILES string of the molecule is CCc1occc1C(=O)Nc1ccc(O)c(C(=O)O)c1. The molecule has 0 unspecified atom stereocenters. The van der Waals surface area contributed by atoms with Gasteiger partial charge in [-0.25, -0.2) is 4.79 Å². The molecular weight excluding hydrogens is 262 g/mol. The summed E-state index contributed by atoms with van der Waals surface area (Å²) in [6.07, 6.45) is 2.00. The molecule has 2 rings (SSSR count). The molecule has 0 spiro atoms. The first-order valence-electron chi connectivity index (χ1n) is 5.97. The lowest BCUT2D eigenvalue weighted by atomic mass is 10.1. The average Bonchev–Trinajstić information content (AvgIpc) is 2.89. The molecule has 1 aromatic heterocycles. The van der Waals surface area contributed by atoms with Gasteiger partial charge >= 0.3 is 5.97 Å². The number of carbonyl (C=O) groups is 2. The largest absolute Gasteiger partial charge is 0.507 e. The van der Waals surface area contributed by atoms with Gasteiger partial charge < -0.3 is 19.9 Å². The van der Waals surface area contributed by atoms with Crippen LogP contribution < -0.4 is 5.32 Å². The fourth-order valence-electron chi connectivity index (χ4n) is 1.80. The van der Waals surface area contributed by atoms with E-state index >= 15 is 0 Å². The van der Waals surface area contributed by atoms with Gasteiger partial charge in [0.2, 0.25) is 0 Å². The Labute approximate surface area is 114 Å². The highest BCUT2D eigenvalue weighted by atomic mass is 16.4. The Bertz CT molecular complexity index is 659. The van der Waals surface area contributed by atoms with Crippen molar-refractivity contribution < 1.29 is 24.2 Å². The van der Waals surface area contributed by atoms with Crippen molar-refractivity contribution in [3.05, 3.63) is 47.4 Å². The van der Waals surface area contributed by atoms with E-state index in [-0.39, 0.29) is 17.0 Å². The van der Waals surface area contributed by atoms with E-state index in [9.17, 15) is 14.7 Å². The van der Waals surface area contributed by atoms with Gasteiger partial charge in [0.25, 0.3) is 5.91 Å². The smallest absolute Gasteiger partial charge is 0.339 e. The predicted molar refractivity (Wildman–Crippen MR) is 71.1 cm³/mol. The maximum absolute atomic E-state index is 12.0. The van der Waals surface area contributed by atoms with Crippen molar-refractivity contribution in [1.29, 1.82) is 0 Å². The van der Waals surface area contributed by atoms with Gasteiger partial charge in [-0.3, -0.25) is 4.79 Å². The number of anilines is 1. The Morgan fingerprint density at radius 3 is 2.65 bits per heavy atom. The van der Waals surface area contributed by atoms with Gasteiger partial charge in [-0.05, 0) is 24.3 Å². The zero-order chi connectivity index (χ0) is 14.7. The van der Waals surface area contributed by atoms with Crippen LogP contribution in [0.15, 0.2) is 34.9 Å². The minimum atomic E-state index is -1.27. The van der Waals surface area contributed by atoms with Gasteiger partial charge in [0, 0.05) is 12.1 Å². The molecule has 1 amide bonds. The third-order valence-corrected chi connectivity index (χ3v) is 2.80. The van der Waals surface area contributed by atoms with Crippen molar-refractivity contribution in [2.24, 2.45) is 0 Å². The summed E-state index contributed by atoms with van der Waals surface area (Å²) in [5.41, 5.74) is 0.414. The Morgan fingerprint density at radius 2 is 2.00 bits per heavy atom. The van der Waals surface area contributed by atoms with Gasteiger partial charge in [0.15, 0.2) is 0 Å². The number of benzene rings is 1. The minimum Gasteiger partial charge on any atom is -0.507 e. The Kier molecular flexibility index (Phi) is 3.74. The van der Waals surface area contributed by atoms with Crippen molar-refractivity contribution in [2.75, 3.05) is 5.32 Å². The first-order chi connectivity index (χ1) is 9.52. The minimum absolute atomic E-state index is 0.272. The zero-order valence-corrected chi connectivity index (χ0v) is 10.7. The summed E-state index contributed by atoms with van der Waals surface area (Å²) in [6, 6.07) is 5.38. The average molecular weight is 275 g/mol. The monoisotopic (exact) mass is 275 g/mol. The Hall–Kier alpha value is -2.76. The van der Waals surface area contributed by atoms with E-state index in [0.29, 0.717) is 17.7 Å². The molecule has 1 aromatic carbocycles. The van der Waals surface area contributed by atoms with Crippen molar-refractivity contribution in [3.63, 3.8) is 0 Å². The first-order valence-corrected chi connectivity index (χ1v) is 5.97. The van der Waals surface area contributed by atoms with Crippen molar-refractivity contribution in [1.82, 2.24) is 0 Å². The van der Waals surface area contributed by atoms with Crippen LogP contribution in [0.25, 0.3) is 0 Å². The number of rotatable bonds is 4. The molecular formula is C14H13NO5. The third kappa shape index (κ3) is 2.64. The van der Waals surface area contributed by atoms with E-state index in [1.165, 1.54) is 24.5 Å². The number of carboxylic acids is 1. The Morgan fingerprint density at radius 1 is 1.25 bits per heavy atom. The molecule has 2 aromatic rings. The third-order valence-electron chi connectivity index (χ3n) is 2.80. The number of phenols is 1. The molecule has 6 nitrogen and oxygen atoms in total. The number of nitrogens with one attached hydrogen (secondary N) is 1. The molecule has 0 aliphatic rings. The van der Waals surface area contributed by atoms with Crippen LogP contribution in [0.1, 0.15) is 33.4 Å². The molecule has 0 bridgehead atoms. The van der Waals surface area contributed by atoms with Crippen LogP contribution in [0.4, 0.5) is 5.69 Å². The molecule has 0 fully saturated rings. The normalized spacial score (nSPS) is 10.2. The van der Waals surface area contributed by atoms with Crippen LogP contribution >= 0.6 is 0 Å². The summed E-state index contributed by atoms with van der Waals surface area (Å²) in [6.45, 7) is 1.86. The number of hydrogen-bond donors (Lipinski definition) is 3. The van der Waals surface area contributed by atoms with Crippen molar-refractivity contribution in [2.45, 2.75) is 13.3 Å². The molecule has 6 heteroatoms. The summed E-state index contributed by atoms with van der Waals surface area (Å²) in [5, 5.41) is 20.9. The van der Waals surface area contributed by atoms with Crippen LogP contribution in [0.5, 0.6) is 5.75 Å². The van der Waals surface area contributed by atoms with E-state index in [4.69, 9.17) is 9.52 Å². The highest BCUT2D eigenvalue weighted by molar-refractivity contribution is 6.05. The molecule has 3 N–H and O–H groups in total. The molecule has 104 valence electrons. The van der Waals surface area contributed by atoms with Crippen molar-refractivity contribution >= 4 is 17.6 Å². The number of amides is 1. The number of aromatic hydroxyl groups is 1. The maximum Gasteiger partial charge on any atom is 0.339 e. The standard InChI is InChI=1S/C14H13NO5/c1-2-12-9(5-6-20-12)13(17)15-8-3-4-11(16)10(7-8)14(18)19/h3-7,16H,2H2,1H3,(H,15,17)(H,18,19). The van der Waals surface area contributed by atoms with Crippen LogP contribution in [0, 0.1) is 0 Å². The number of aryl methyl sites for hydroxylation is 1. The molecule has 0 aliphatic heterocycles. The first kappa shape index (κ1) is 13.7. The van der Waals surface area contributed by atoms with Gasteiger partial charge in [-0.15, -0.1) is 0 Å². The second kappa shape index (κ2) is 5.48. The summed E-state index contributed by atoms with van der Waals surface area (Å²) in [5.74, 6) is -1.46. The number of carbonyl (C=O) groups excluding carboxylic acids is 1. The summed E-state index contributed by atoms with van der Waals surface area (Å²) in [7, 11) is 0. The second-order valence-corrected chi connectivity index (χ2v) is 4.10. The highest BCUT2D eigenvalue weighted by Crippen LogP contribution is 2.22. The maximum atomic E-state index is 12.0. The van der Waals surface area contributed by atoms with Gasteiger partial charge in [0.1, 0.15) is 17.1 Å². The Balaban J connectivity index is 2.24. The van der Waals surface area contributed by atoms with E-state index < -0.39 is 11.9 Å². The van der Waals surface area contributed by atoms with E-state index in [1.54, 1.807) is 6.07 Å². The number of aromatic carboxylic acids is 1. The zero-order valence-electron chi connectivity index (χ0n) is 10.7. The van der Waals surface area contributed by atoms with E-state index in [1.807, 2.05) is 6.92 Å². The van der Waals surface area contributed by atoms with E-state index in [2.05, 4.69) is 5.32 Å². The van der Waals surface area contributed by atoms with Crippen LogP contribution in [0.2, 0.25) is 0 Å². The second-order valence-electron chi connectivity index (χ2n) is 4.10. The molecule has 0 saturated heterocycles. The summed E-state index contributed by atoms with van der Waals surface area (Å²) < 4.78 is 5.16. The predicted octanol–water partition coefficient (Wildman–Crippen LogP) is 2.50. The summed E-state index contributed by atoms with van der Waals surface area (Å²) in [4.78, 5) is 22.9. The lowest BCUT2D eigenvalue weighted by molar-refractivity contribution is 0.0693. The lowest BCUT2D eigenvalue weighted by Crippen LogP contribution is -2.13. The molecule has 0 atom stereocenters. The lowest BCUT2D eigenvalue weighted by Gasteiger charge is -2.07. The number of furan rings is 1. The molecule has 1 heterocycles. The fourth-order valence-corrected chi connectivity index (χ4v) is 1.80. The molecule has 0 aliphatic carbocycles.